The summed E-state index contributed by atoms with van der Waals surface area (Å²) in [7, 11) is 0. The van der Waals surface area contributed by atoms with E-state index < -0.39 is 5.60 Å². The number of hydrogen-bond donors (Lipinski definition) is 1. The Bertz CT molecular complexity index is 131. The first-order valence-electron chi connectivity index (χ1n) is 4.28. The van der Waals surface area contributed by atoms with Crippen LogP contribution < -0.4 is 0 Å². The maximum atomic E-state index is 9.79. The van der Waals surface area contributed by atoms with Crippen LogP contribution in [0.1, 0.15) is 46.0 Å². The highest BCUT2D eigenvalue weighted by Gasteiger charge is 2.23. The number of aliphatic hydroxyl groups is 1. The van der Waals surface area contributed by atoms with Crippen molar-refractivity contribution in [3.05, 3.63) is 0 Å². The second-order valence-corrected chi connectivity index (χ2v) is 3.06. The second kappa shape index (κ2) is 5.15. The van der Waals surface area contributed by atoms with Crippen molar-refractivity contribution in [3.8, 4) is 6.07 Å². The summed E-state index contributed by atoms with van der Waals surface area (Å²) in [5, 5.41) is 18.2. The third-order valence-electron chi connectivity index (χ3n) is 1.84. The molecule has 0 aromatic rings. The molecule has 0 aliphatic carbocycles. The lowest BCUT2D eigenvalue weighted by atomic mass is 9.90. The van der Waals surface area contributed by atoms with Crippen molar-refractivity contribution in [2.24, 2.45) is 0 Å². The molecule has 0 aliphatic heterocycles. The molecule has 0 heterocycles. The van der Waals surface area contributed by atoms with Crippen LogP contribution in [0.2, 0.25) is 0 Å². The van der Waals surface area contributed by atoms with Crippen molar-refractivity contribution < 1.29 is 5.11 Å². The minimum atomic E-state index is -0.710. The molecule has 0 radical (unpaired) electrons. The smallest absolute Gasteiger partial charge is 0.0777 e. The van der Waals surface area contributed by atoms with Gasteiger partial charge in [0.05, 0.1) is 18.1 Å². The fraction of sp³-hybridized carbons (Fsp3) is 0.889. The molecule has 0 aromatic heterocycles. The Morgan fingerprint density at radius 2 is 1.73 bits per heavy atom. The molecule has 0 saturated heterocycles. The monoisotopic (exact) mass is 155 g/mol. The van der Waals surface area contributed by atoms with Gasteiger partial charge in [-0.05, 0) is 12.8 Å². The summed E-state index contributed by atoms with van der Waals surface area (Å²) in [5.74, 6) is 0. The fourth-order valence-electron chi connectivity index (χ4n) is 1.38. The fourth-order valence-corrected chi connectivity index (χ4v) is 1.38. The molecule has 0 saturated carbocycles. The first-order valence-corrected chi connectivity index (χ1v) is 4.28. The first-order chi connectivity index (χ1) is 5.18. The van der Waals surface area contributed by atoms with Crippen LogP contribution in [-0.4, -0.2) is 10.7 Å². The molecular formula is C9H17NO. The lowest BCUT2D eigenvalue weighted by molar-refractivity contribution is 0.0259. The van der Waals surface area contributed by atoms with E-state index in [1.807, 2.05) is 19.9 Å². The lowest BCUT2D eigenvalue weighted by Gasteiger charge is -2.23. The van der Waals surface area contributed by atoms with Crippen molar-refractivity contribution in [1.29, 1.82) is 5.26 Å². The summed E-state index contributed by atoms with van der Waals surface area (Å²) in [5.41, 5.74) is -0.710. The Morgan fingerprint density at radius 1 is 1.27 bits per heavy atom. The van der Waals surface area contributed by atoms with Crippen LogP contribution >= 0.6 is 0 Å². The molecule has 64 valence electrons. The van der Waals surface area contributed by atoms with E-state index in [-0.39, 0.29) is 6.42 Å². The van der Waals surface area contributed by atoms with Crippen LogP contribution in [0.4, 0.5) is 0 Å². The molecule has 0 spiro atoms. The topological polar surface area (TPSA) is 44.0 Å². The minimum Gasteiger partial charge on any atom is -0.389 e. The molecule has 0 rings (SSSR count). The van der Waals surface area contributed by atoms with E-state index in [0.717, 1.165) is 25.7 Å². The van der Waals surface area contributed by atoms with Gasteiger partial charge >= 0.3 is 0 Å². The zero-order valence-electron chi connectivity index (χ0n) is 7.43. The van der Waals surface area contributed by atoms with E-state index in [4.69, 9.17) is 5.26 Å². The van der Waals surface area contributed by atoms with E-state index >= 15 is 0 Å². The zero-order chi connectivity index (χ0) is 8.74. The van der Waals surface area contributed by atoms with E-state index in [2.05, 4.69) is 0 Å². The Kier molecular flexibility index (Phi) is 4.89. The van der Waals surface area contributed by atoms with E-state index in [0.29, 0.717) is 0 Å². The highest BCUT2D eigenvalue weighted by Crippen LogP contribution is 2.22. The highest BCUT2D eigenvalue weighted by atomic mass is 16.3. The molecule has 0 fully saturated rings. The van der Waals surface area contributed by atoms with E-state index in [9.17, 15) is 5.11 Å². The average molecular weight is 155 g/mol. The van der Waals surface area contributed by atoms with Gasteiger partial charge in [0.15, 0.2) is 0 Å². The van der Waals surface area contributed by atoms with E-state index in [1.165, 1.54) is 0 Å². The molecule has 0 bridgehead atoms. The van der Waals surface area contributed by atoms with Crippen molar-refractivity contribution in [3.63, 3.8) is 0 Å². The Labute approximate surface area is 68.8 Å². The molecule has 0 aliphatic rings. The lowest BCUT2D eigenvalue weighted by Crippen LogP contribution is -2.27. The van der Waals surface area contributed by atoms with Gasteiger partial charge in [-0.15, -0.1) is 0 Å². The van der Waals surface area contributed by atoms with Crippen LogP contribution in [0.3, 0.4) is 0 Å². The average Bonchev–Trinajstić information content (AvgIpc) is 1.88. The molecule has 0 aromatic carbocycles. The van der Waals surface area contributed by atoms with Gasteiger partial charge in [-0.3, -0.25) is 0 Å². The molecule has 11 heavy (non-hydrogen) atoms. The third kappa shape index (κ3) is 4.00. The van der Waals surface area contributed by atoms with Crippen LogP contribution in [-0.2, 0) is 0 Å². The van der Waals surface area contributed by atoms with Gasteiger partial charge in [0.2, 0.25) is 0 Å². The van der Waals surface area contributed by atoms with Gasteiger partial charge < -0.3 is 5.11 Å². The number of rotatable bonds is 5. The highest BCUT2D eigenvalue weighted by molar-refractivity contribution is 4.88. The van der Waals surface area contributed by atoms with Gasteiger partial charge in [-0.2, -0.15) is 5.26 Å². The summed E-state index contributed by atoms with van der Waals surface area (Å²) >= 11 is 0. The first kappa shape index (κ1) is 10.4. The summed E-state index contributed by atoms with van der Waals surface area (Å²) in [6, 6.07) is 2.03. The van der Waals surface area contributed by atoms with Crippen molar-refractivity contribution in [2.45, 2.75) is 51.6 Å². The largest absolute Gasteiger partial charge is 0.389 e. The van der Waals surface area contributed by atoms with Crippen LogP contribution in [0, 0.1) is 11.3 Å². The van der Waals surface area contributed by atoms with Crippen molar-refractivity contribution in [2.75, 3.05) is 0 Å². The summed E-state index contributed by atoms with van der Waals surface area (Å²) in [6.07, 6.45) is 3.65. The summed E-state index contributed by atoms with van der Waals surface area (Å²) < 4.78 is 0. The Hall–Kier alpha value is -0.550. The predicted octanol–water partition coefficient (Wildman–Crippen LogP) is 2.23. The van der Waals surface area contributed by atoms with Crippen molar-refractivity contribution >= 4 is 0 Å². The maximum Gasteiger partial charge on any atom is 0.0777 e. The normalized spacial score (nSPS) is 11.1. The maximum absolute atomic E-state index is 9.79. The Balaban J connectivity index is 3.92. The van der Waals surface area contributed by atoms with Gasteiger partial charge in [-0.1, -0.05) is 26.7 Å². The standard InChI is InChI=1S/C9H17NO/c1-3-5-9(11,6-4-2)7-8-10/h11H,3-7H2,1-2H3. The molecule has 0 amide bonds. The number of hydrogen-bond acceptors (Lipinski definition) is 2. The number of nitriles is 1. The zero-order valence-corrected chi connectivity index (χ0v) is 7.43. The molecule has 0 unspecified atom stereocenters. The molecule has 2 heteroatoms. The van der Waals surface area contributed by atoms with Crippen LogP contribution in [0.5, 0.6) is 0 Å². The number of nitrogens with zero attached hydrogens (tertiary/aromatic N) is 1. The van der Waals surface area contributed by atoms with Gasteiger partial charge in [-0.25, -0.2) is 0 Å². The van der Waals surface area contributed by atoms with Crippen molar-refractivity contribution in [1.82, 2.24) is 0 Å². The Morgan fingerprint density at radius 3 is 2.00 bits per heavy atom. The minimum absolute atomic E-state index is 0.272. The van der Waals surface area contributed by atoms with Gasteiger partial charge in [0, 0.05) is 0 Å². The SMILES string of the molecule is CCCC(O)(CC#N)CCC. The molecule has 2 nitrogen and oxygen atoms in total. The quantitative estimate of drug-likeness (QED) is 0.661. The van der Waals surface area contributed by atoms with Gasteiger partial charge in [0.1, 0.15) is 0 Å². The van der Waals surface area contributed by atoms with Gasteiger partial charge in [0.25, 0.3) is 0 Å². The van der Waals surface area contributed by atoms with Crippen LogP contribution in [0.25, 0.3) is 0 Å². The molecular weight excluding hydrogens is 138 g/mol. The second-order valence-electron chi connectivity index (χ2n) is 3.06. The summed E-state index contributed by atoms with van der Waals surface area (Å²) in [6.45, 7) is 4.05. The predicted molar refractivity (Wildman–Crippen MR) is 45.0 cm³/mol. The molecule has 1 N–H and O–H groups in total. The summed E-state index contributed by atoms with van der Waals surface area (Å²) in [4.78, 5) is 0. The van der Waals surface area contributed by atoms with E-state index in [1.54, 1.807) is 0 Å². The third-order valence-corrected chi connectivity index (χ3v) is 1.84. The molecule has 0 atom stereocenters. The van der Waals surface area contributed by atoms with Crippen LogP contribution in [0.15, 0.2) is 0 Å².